The van der Waals surface area contributed by atoms with E-state index in [1.807, 2.05) is 0 Å². The van der Waals surface area contributed by atoms with Crippen LogP contribution in [0.1, 0.15) is 35.1 Å². The van der Waals surface area contributed by atoms with E-state index in [1.165, 1.54) is 24.3 Å². The molecular weight excluding hydrogens is 354 g/mol. The van der Waals surface area contributed by atoms with Crippen molar-refractivity contribution in [2.75, 3.05) is 13.1 Å². The summed E-state index contributed by atoms with van der Waals surface area (Å²) < 4.78 is 31.4. The summed E-state index contributed by atoms with van der Waals surface area (Å²) in [7, 11) is 0. The smallest absolute Gasteiger partial charge is 0.272 e. The lowest BCUT2D eigenvalue weighted by atomic mass is 9.97. The number of carbonyl (C=O) groups is 1. The maximum absolute atomic E-state index is 13.0. The molecule has 0 radical (unpaired) electrons. The van der Waals surface area contributed by atoms with Gasteiger partial charge >= 0.3 is 0 Å². The lowest BCUT2D eigenvalue weighted by molar-refractivity contribution is 0.0697. The molecule has 4 rings (SSSR count). The van der Waals surface area contributed by atoms with Gasteiger partial charge in [-0.1, -0.05) is 5.16 Å². The second-order valence-electron chi connectivity index (χ2n) is 6.42. The summed E-state index contributed by atoms with van der Waals surface area (Å²) in [6, 6.07) is 8.40. The van der Waals surface area contributed by atoms with Crippen molar-refractivity contribution >= 4 is 5.91 Å². The van der Waals surface area contributed by atoms with E-state index in [9.17, 15) is 13.6 Å². The molecule has 2 aromatic heterocycles. The third-order valence-electron chi connectivity index (χ3n) is 4.55. The second-order valence-corrected chi connectivity index (χ2v) is 6.42. The Balaban J connectivity index is 1.49. The van der Waals surface area contributed by atoms with Gasteiger partial charge in [0.25, 0.3) is 11.8 Å². The van der Waals surface area contributed by atoms with E-state index in [0.717, 1.165) is 19.0 Å². The normalized spacial score (nSPS) is 17.1. The highest BCUT2D eigenvalue weighted by Crippen LogP contribution is 2.28. The molecule has 1 atom stereocenters. The van der Waals surface area contributed by atoms with Gasteiger partial charge in [0.15, 0.2) is 5.82 Å². The zero-order valence-corrected chi connectivity index (χ0v) is 14.3. The van der Waals surface area contributed by atoms with Crippen molar-refractivity contribution in [2.24, 2.45) is 0 Å². The summed E-state index contributed by atoms with van der Waals surface area (Å²) in [5.74, 6) is -0.312. The maximum Gasteiger partial charge on any atom is 0.272 e. The van der Waals surface area contributed by atoms with Gasteiger partial charge in [0.05, 0.1) is 6.20 Å². The Labute approximate surface area is 153 Å². The SMILES string of the molecule is O=C(c1ccc(F)cn1)N1CCCC(c2noc(-c3ccc(F)cc3)n2)C1. The number of likely N-dealkylation sites (tertiary alicyclic amines) is 1. The van der Waals surface area contributed by atoms with Crippen LogP contribution >= 0.6 is 0 Å². The van der Waals surface area contributed by atoms with Gasteiger partial charge in [-0.3, -0.25) is 4.79 Å². The number of halogens is 2. The van der Waals surface area contributed by atoms with Crippen LogP contribution in [0.2, 0.25) is 0 Å². The number of aromatic nitrogens is 3. The maximum atomic E-state index is 13.0. The Bertz CT molecular complexity index is 941. The summed E-state index contributed by atoms with van der Waals surface area (Å²) in [6.07, 6.45) is 2.64. The van der Waals surface area contributed by atoms with Crippen molar-refractivity contribution in [3.63, 3.8) is 0 Å². The molecule has 0 N–H and O–H groups in total. The number of hydrogen-bond donors (Lipinski definition) is 0. The molecule has 6 nitrogen and oxygen atoms in total. The number of amides is 1. The molecule has 8 heteroatoms. The molecule has 1 amide bonds. The van der Waals surface area contributed by atoms with Gasteiger partial charge in [0.2, 0.25) is 0 Å². The fourth-order valence-corrected chi connectivity index (χ4v) is 3.15. The lowest BCUT2D eigenvalue weighted by Crippen LogP contribution is -2.39. The predicted molar refractivity (Wildman–Crippen MR) is 91.8 cm³/mol. The number of nitrogens with zero attached hydrogens (tertiary/aromatic N) is 4. The van der Waals surface area contributed by atoms with Crippen LogP contribution in [0.5, 0.6) is 0 Å². The molecule has 0 spiro atoms. The number of hydrogen-bond acceptors (Lipinski definition) is 5. The standard InChI is InChI=1S/C19H16F2N4O2/c20-14-5-3-12(4-6-14)18-23-17(24-27-18)13-2-1-9-25(11-13)19(26)16-8-7-15(21)10-22-16/h3-8,10,13H,1-2,9,11H2. The van der Waals surface area contributed by atoms with E-state index in [4.69, 9.17) is 4.52 Å². The Hall–Kier alpha value is -3.16. The molecule has 0 aliphatic carbocycles. The van der Waals surface area contributed by atoms with Gasteiger partial charge in [-0.2, -0.15) is 4.98 Å². The first-order valence-corrected chi connectivity index (χ1v) is 8.60. The first-order chi connectivity index (χ1) is 13.1. The van der Waals surface area contributed by atoms with E-state index < -0.39 is 5.82 Å². The molecule has 1 saturated heterocycles. The minimum atomic E-state index is -0.483. The van der Waals surface area contributed by atoms with Crippen LogP contribution in [-0.2, 0) is 0 Å². The highest BCUT2D eigenvalue weighted by atomic mass is 19.1. The van der Waals surface area contributed by atoms with Crippen molar-refractivity contribution < 1.29 is 18.1 Å². The van der Waals surface area contributed by atoms with E-state index in [0.29, 0.717) is 30.4 Å². The van der Waals surface area contributed by atoms with Gasteiger partial charge in [-0.05, 0) is 49.2 Å². The average molecular weight is 370 g/mol. The van der Waals surface area contributed by atoms with Gasteiger partial charge in [-0.15, -0.1) is 0 Å². The summed E-state index contributed by atoms with van der Waals surface area (Å²) >= 11 is 0. The number of carbonyl (C=O) groups excluding carboxylic acids is 1. The summed E-state index contributed by atoms with van der Waals surface area (Å²) in [4.78, 5) is 22.5. The van der Waals surface area contributed by atoms with Crippen molar-refractivity contribution in [3.8, 4) is 11.5 Å². The zero-order valence-electron chi connectivity index (χ0n) is 14.3. The fourth-order valence-electron chi connectivity index (χ4n) is 3.15. The van der Waals surface area contributed by atoms with Crippen molar-refractivity contribution in [1.29, 1.82) is 0 Å². The van der Waals surface area contributed by atoms with Crippen molar-refractivity contribution in [1.82, 2.24) is 20.0 Å². The monoisotopic (exact) mass is 370 g/mol. The first-order valence-electron chi connectivity index (χ1n) is 8.60. The van der Waals surface area contributed by atoms with E-state index >= 15 is 0 Å². The van der Waals surface area contributed by atoms with Crippen LogP contribution < -0.4 is 0 Å². The molecule has 0 saturated carbocycles. The van der Waals surface area contributed by atoms with Crippen LogP contribution in [0.15, 0.2) is 47.1 Å². The Morgan fingerprint density at radius 3 is 2.63 bits per heavy atom. The average Bonchev–Trinajstić information content (AvgIpc) is 3.19. The van der Waals surface area contributed by atoms with Crippen molar-refractivity contribution in [2.45, 2.75) is 18.8 Å². The molecule has 27 heavy (non-hydrogen) atoms. The summed E-state index contributed by atoms with van der Waals surface area (Å²) in [5.41, 5.74) is 0.839. The Morgan fingerprint density at radius 1 is 1.11 bits per heavy atom. The second kappa shape index (κ2) is 7.22. The number of pyridine rings is 1. The number of rotatable bonds is 3. The molecule has 3 heterocycles. The summed E-state index contributed by atoms with van der Waals surface area (Å²) in [6.45, 7) is 1.03. The highest BCUT2D eigenvalue weighted by molar-refractivity contribution is 5.92. The van der Waals surface area contributed by atoms with Crippen LogP contribution in [0.3, 0.4) is 0 Å². The lowest BCUT2D eigenvalue weighted by Gasteiger charge is -2.31. The number of piperidine rings is 1. The van der Waals surface area contributed by atoms with Crippen LogP contribution in [0.25, 0.3) is 11.5 Å². The molecule has 1 fully saturated rings. The van der Waals surface area contributed by atoms with E-state index in [2.05, 4.69) is 15.1 Å². The summed E-state index contributed by atoms with van der Waals surface area (Å²) in [5, 5.41) is 4.03. The van der Waals surface area contributed by atoms with Gasteiger partial charge in [-0.25, -0.2) is 13.8 Å². The molecule has 1 unspecified atom stereocenters. The molecular formula is C19H16F2N4O2. The Kier molecular flexibility index (Phi) is 4.62. The molecule has 0 bridgehead atoms. The minimum absolute atomic E-state index is 0.0684. The predicted octanol–water partition coefficient (Wildman–Crippen LogP) is 3.43. The van der Waals surface area contributed by atoms with E-state index in [1.54, 1.807) is 17.0 Å². The van der Waals surface area contributed by atoms with Crippen LogP contribution in [0, 0.1) is 11.6 Å². The van der Waals surface area contributed by atoms with Gasteiger partial charge in [0, 0.05) is 24.6 Å². The van der Waals surface area contributed by atoms with Crippen LogP contribution in [0.4, 0.5) is 8.78 Å². The molecule has 1 aliphatic heterocycles. The van der Waals surface area contributed by atoms with Gasteiger partial charge in [0.1, 0.15) is 17.3 Å². The molecule has 1 aliphatic rings. The third kappa shape index (κ3) is 3.69. The topological polar surface area (TPSA) is 72.1 Å². The highest BCUT2D eigenvalue weighted by Gasteiger charge is 2.29. The minimum Gasteiger partial charge on any atom is -0.337 e. The first kappa shape index (κ1) is 17.3. The molecule has 3 aromatic rings. The quantitative estimate of drug-likeness (QED) is 0.706. The zero-order chi connectivity index (χ0) is 18.8. The Morgan fingerprint density at radius 2 is 1.89 bits per heavy atom. The molecule has 138 valence electrons. The van der Waals surface area contributed by atoms with E-state index in [-0.39, 0.29) is 23.3 Å². The van der Waals surface area contributed by atoms with Crippen molar-refractivity contribution in [3.05, 3.63) is 65.7 Å². The number of benzene rings is 1. The molecule has 1 aromatic carbocycles. The largest absolute Gasteiger partial charge is 0.337 e. The van der Waals surface area contributed by atoms with Gasteiger partial charge < -0.3 is 9.42 Å². The van der Waals surface area contributed by atoms with Crippen LogP contribution in [-0.4, -0.2) is 39.0 Å². The third-order valence-corrected chi connectivity index (χ3v) is 4.55. The fraction of sp³-hybridized carbons (Fsp3) is 0.263.